The molecule has 1 aromatic rings. The quantitative estimate of drug-likeness (QED) is 0.543. The van der Waals surface area contributed by atoms with E-state index in [9.17, 15) is 9.18 Å². The average molecular weight is 240 g/mol. The van der Waals surface area contributed by atoms with Crippen molar-refractivity contribution in [3.8, 4) is 0 Å². The molecule has 1 aromatic carbocycles. The Kier molecular flexibility index (Phi) is 6.25. The fourth-order valence-corrected chi connectivity index (χ4v) is 1.28. The summed E-state index contributed by atoms with van der Waals surface area (Å²) in [4.78, 5) is 11.3. The minimum Gasteiger partial charge on any atom is -0.461 e. The zero-order valence-electron chi connectivity index (χ0n) is 9.95. The molecule has 0 atom stereocenters. The number of ether oxygens (including phenoxy) is 2. The van der Waals surface area contributed by atoms with Gasteiger partial charge in [0, 0.05) is 19.6 Å². The zero-order chi connectivity index (χ0) is 12.5. The normalized spacial score (nSPS) is 10.2. The topological polar surface area (TPSA) is 35.5 Å². The van der Waals surface area contributed by atoms with Crippen molar-refractivity contribution in [2.45, 2.75) is 26.4 Å². The van der Waals surface area contributed by atoms with E-state index in [1.807, 2.05) is 6.92 Å². The third-order valence-electron chi connectivity index (χ3n) is 2.19. The van der Waals surface area contributed by atoms with Gasteiger partial charge in [0.1, 0.15) is 12.4 Å². The van der Waals surface area contributed by atoms with E-state index in [1.165, 1.54) is 12.1 Å². The van der Waals surface area contributed by atoms with Gasteiger partial charge in [0.25, 0.3) is 0 Å². The molecule has 0 amide bonds. The Labute approximate surface area is 101 Å². The van der Waals surface area contributed by atoms with Gasteiger partial charge >= 0.3 is 5.97 Å². The summed E-state index contributed by atoms with van der Waals surface area (Å²) in [6.45, 7) is 3.33. The lowest BCUT2D eigenvalue weighted by Gasteiger charge is -2.05. The predicted molar refractivity (Wildman–Crippen MR) is 61.9 cm³/mol. The number of halogens is 1. The molecule has 17 heavy (non-hydrogen) atoms. The molecule has 0 bridgehead atoms. The van der Waals surface area contributed by atoms with Gasteiger partial charge in [-0.05, 0) is 31.0 Å². The van der Waals surface area contributed by atoms with E-state index in [0.717, 1.165) is 5.56 Å². The van der Waals surface area contributed by atoms with Gasteiger partial charge in [0.05, 0.1) is 0 Å². The lowest BCUT2D eigenvalue weighted by Crippen LogP contribution is -2.06. The third kappa shape index (κ3) is 6.02. The molecule has 0 heterocycles. The van der Waals surface area contributed by atoms with Crippen molar-refractivity contribution in [3.05, 3.63) is 35.6 Å². The lowest BCUT2D eigenvalue weighted by atomic mass is 10.2. The van der Waals surface area contributed by atoms with Crippen LogP contribution in [0, 0.1) is 5.82 Å². The largest absolute Gasteiger partial charge is 0.461 e. The summed E-state index contributed by atoms with van der Waals surface area (Å²) in [6.07, 6.45) is 1.01. The number of hydrogen-bond acceptors (Lipinski definition) is 3. The van der Waals surface area contributed by atoms with E-state index in [2.05, 4.69) is 0 Å². The van der Waals surface area contributed by atoms with Gasteiger partial charge in [-0.15, -0.1) is 0 Å². The van der Waals surface area contributed by atoms with Gasteiger partial charge in [-0.2, -0.15) is 0 Å². The van der Waals surface area contributed by atoms with E-state index in [4.69, 9.17) is 9.47 Å². The van der Waals surface area contributed by atoms with E-state index in [0.29, 0.717) is 26.1 Å². The second-order valence-corrected chi connectivity index (χ2v) is 3.59. The van der Waals surface area contributed by atoms with E-state index in [-0.39, 0.29) is 18.4 Å². The molecule has 0 N–H and O–H groups in total. The number of hydrogen-bond donors (Lipinski definition) is 0. The molecule has 94 valence electrons. The summed E-state index contributed by atoms with van der Waals surface area (Å²) >= 11 is 0. The molecule has 0 aliphatic carbocycles. The van der Waals surface area contributed by atoms with Crippen LogP contribution in [0.15, 0.2) is 24.3 Å². The van der Waals surface area contributed by atoms with Crippen molar-refractivity contribution in [1.29, 1.82) is 0 Å². The highest BCUT2D eigenvalue weighted by molar-refractivity contribution is 5.69. The van der Waals surface area contributed by atoms with Crippen molar-refractivity contribution in [2.75, 3.05) is 13.2 Å². The standard InChI is InChI=1S/C13H17FO3/c1-2-16-9-3-4-13(15)17-10-11-5-7-12(14)8-6-11/h5-8H,2-4,9-10H2,1H3. The second kappa shape index (κ2) is 7.79. The predicted octanol–water partition coefficient (Wildman–Crippen LogP) is 2.69. The first kappa shape index (κ1) is 13.6. The Bertz CT molecular complexity index is 335. The zero-order valence-corrected chi connectivity index (χ0v) is 9.95. The molecule has 0 fully saturated rings. The summed E-state index contributed by atoms with van der Waals surface area (Å²) in [7, 11) is 0. The molecule has 0 saturated heterocycles. The highest BCUT2D eigenvalue weighted by atomic mass is 19.1. The molecule has 0 aliphatic rings. The Balaban J connectivity index is 2.17. The SMILES string of the molecule is CCOCCCC(=O)OCc1ccc(F)cc1. The fourth-order valence-electron chi connectivity index (χ4n) is 1.28. The Morgan fingerprint density at radius 3 is 2.65 bits per heavy atom. The lowest BCUT2D eigenvalue weighted by molar-refractivity contribution is -0.145. The highest BCUT2D eigenvalue weighted by Gasteiger charge is 2.03. The molecule has 0 aromatic heterocycles. The Hall–Kier alpha value is -1.42. The van der Waals surface area contributed by atoms with E-state index in [1.54, 1.807) is 12.1 Å². The highest BCUT2D eigenvalue weighted by Crippen LogP contribution is 2.05. The molecule has 0 radical (unpaired) electrons. The van der Waals surface area contributed by atoms with Crippen LogP contribution in [-0.4, -0.2) is 19.2 Å². The summed E-state index contributed by atoms with van der Waals surface area (Å²) < 4.78 is 22.7. The van der Waals surface area contributed by atoms with Crippen molar-refractivity contribution in [3.63, 3.8) is 0 Å². The molecule has 1 rings (SSSR count). The number of benzene rings is 1. The number of rotatable bonds is 7. The first-order chi connectivity index (χ1) is 8.22. The molecule has 0 spiro atoms. The maximum atomic E-state index is 12.6. The van der Waals surface area contributed by atoms with Crippen LogP contribution in [0.2, 0.25) is 0 Å². The summed E-state index contributed by atoms with van der Waals surface area (Å²) in [5.41, 5.74) is 0.782. The fraction of sp³-hybridized carbons (Fsp3) is 0.462. The van der Waals surface area contributed by atoms with Crippen molar-refractivity contribution < 1.29 is 18.7 Å². The molecular weight excluding hydrogens is 223 g/mol. The third-order valence-corrected chi connectivity index (χ3v) is 2.19. The van der Waals surface area contributed by atoms with Gasteiger partial charge in [0.15, 0.2) is 0 Å². The van der Waals surface area contributed by atoms with Crippen LogP contribution in [0.25, 0.3) is 0 Å². The van der Waals surface area contributed by atoms with Crippen LogP contribution in [0.5, 0.6) is 0 Å². The van der Waals surface area contributed by atoms with Crippen molar-refractivity contribution in [2.24, 2.45) is 0 Å². The first-order valence-corrected chi connectivity index (χ1v) is 5.70. The number of esters is 1. The van der Waals surface area contributed by atoms with E-state index >= 15 is 0 Å². The van der Waals surface area contributed by atoms with Gasteiger partial charge in [-0.3, -0.25) is 4.79 Å². The van der Waals surface area contributed by atoms with Gasteiger partial charge < -0.3 is 9.47 Å². The minimum atomic E-state index is -0.295. The monoisotopic (exact) mass is 240 g/mol. The van der Waals surface area contributed by atoms with Crippen LogP contribution in [0.4, 0.5) is 4.39 Å². The molecule has 0 unspecified atom stereocenters. The first-order valence-electron chi connectivity index (χ1n) is 5.70. The smallest absolute Gasteiger partial charge is 0.306 e. The molecule has 0 aliphatic heterocycles. The van der Waals surface area contributed by atoms with Crippen molar-refractivity contribution in [1.82, 2.24) is 0 Å². The van der Waals surface area contributed by atoms with Crippen LogP contribution in [0.3, 0.4) is 0 Å². The average Bonchev–Trinajstić information content (AvgIpc) is 2.34. The van der Waals surface area contributed by atoms with Crippen LogP contribution in [-0.2, 0) is 20.9 Å². The van der Waals surface area contributed by atoms with Gasteiger partial charge in [-0.25, -0.2) is 4.39 Å². The van der Waals surface area contributed by atoms with Gasteiger partial charge in [0.2, 0.25) is 0 Å². The van der Waals surface area contributed by atoms with Crippen LogP contribution >= 0.6 is 0 Å². The Morgan fingerprint density at radius 1 is 1.29 bits per heavy atom. The maximum Gasteiger partial charge on any atom is 0.306 e. The van der Waals surface area contributed by atoms with Crippen LogP contribution in [0.1, 0.15) is 25.3 Å². The molecular formula is C13H17FO3. The van der Waals surface area contributed by atoms with Crippen molar-refractivity contribution >= 4 is 5.97 Å². The van der Waals surface area contributed by atoms with Gasteiger partial charge in [-0.1, -0.05) is 12.1 Å². The maximum absolute atomic E-state index is 12.6. The summed E-state index contributed by atoms with van der Waals surface area (Å²) in [5, 5.41) is 0. The second-order valence-electron chi connectivity index (χ2n) is 3.59. The van der Waals surface area contributed by atoms with E-state index < -0.39 is 0 Å². The summed E-state index contributed by atoms with van der Waals surface area (Å²) in [6, 6.07) is 5.89. The molecule has 4 heteroatoms. The molecule has 0 saturated carbocycles. The number of carbonyl (C=O) groups is 1. The summed E-state index contributed by atoms with van der Waals surface area (Å²) in [5.74, 6) is -0.550. The minimum absolute atomic E-state index is 0.188. The van der Waals surface area contributed by atoms with Crippen LogP contribution < -0.4 is 0 Å². The molecule has 3 nitrogen and oxygen atoms in total. The Morgan fingerprint density at radius 2 is 2.00 bits per heavy atom. The number of carbonyl (C=O) groups excluding carboxylic acids is 1.